The third kappa shape index (κ3) is 3.77. The second-order valence-electron chi connectivity index (χ2n) is 4.35. The maximum atomic E-state index is 13.5. The van der Waals surface area contributed by atoms with Gasteiger partial charge in [0, 0.05) is 24.1 Å². The van der Waals surface area contributed by atoms with Gasteiger partial charge in [0.25, 0.3) is 0 Å². The molecule has 18 heavy (non-hydrogen) atoms. The first-order chi connectivity index (χ1) is 8.45. The normalized spacial score (nSPS) is 14.1. The molecule has 1 amide bonds. The highest BCUT2D eigenvalue weighted by atomic mass is 19.1. The van der Waals surface area contributed by atoms with Crippen molar-refractivity contribution in [3.05, 3.63) is 35.4 Å². The van der Waals surface area contributed by atoms with Gasteiger partial charge in [0.15, 0.2) is 0 Å². The molecule has 1 rings (SSSR count). The van der Waals surface area contributed by atoms with Gasteiger partial charge in [-0.15, -0.1) is 0 Å². The Hall–Kier alpha value is -1.49. The predicted molar refractivity (Wildman–Crippen MR) is 66.0 cm³/mol. The van der Waals surface area contributed by atoms with Gasteiger partial charge in [-0.3, -0.25) is 4.79 Å². The van der Waals surface area contributed by atoms with E-state index < -0.39 is 17.7 Å². The third-order valence-corrected chi connectivity index (χ3v) is 2.75. The summed E-state index contributed by atoms with van der Waals surface area (Å²) in [5.41, 5.74) is 0.279. The zero-order valence-corrected chi connectivity index (χ0v) is 10.8. The summed E-state index contributed by atoms with van der Waals surface area (Å²) in [5.74, 6) is -1.65. The summed E-state index contributed by atoms with van der Waals surface area (Å²) in [6.45, 7) is 3.99. The Morgan fingerprint density at radius 2 is 2.00 bits per heavy atom. The SMILES string of the molecule is CNCC(C)C(=O)NC(C)c1ccc(F)cc1F. The van der Waals surface area contributed by atoms with Gasteiger partial charge in [-0.2, -0.15) is 0 Å². The summed E-state index contributed by atoms with van der Waals surface area (Å²) in [6, 6.07) is 2.85. The van der Waals surface area contributed by atoms with Crippen LogP contribution in [0.2, 0.25) is 0 Å². The van der Waals surface area contributed by atoms with Crippen molar-refractivity contribution < 1.29 is 13.6 Å². The largest absolute Gasteiger partial charge is 0.349 e. The Balaban J connectivity index is 2.70. The monoisotopic (exact) mass is 256 g/mol. The van der Waals surface area contributed by atoms with Crippen LogP contribution < -0.4 is 10.6 Å². The molecular weight excluding hydrogens is 238 g/mol. The lowest BCUT2D eigenvalue weighted by molar-refractivity contribution is -0.125. The predicted octanol–water partition coefficient (Wildman–Crippen LogP) is 2.00. The minimum Gasteiger partial charge on any atom is -0.349 e. The molecule has 0 aromatic heterocycles. The molecule has 0 fully saturated rings. The average Bonchev–Trinajstić information content (AvgIpc) is 2.28. The number of hydrogen-bond donors (Lipinski definition) is 2. The van der Waals surface area contributed by atoms with E-state index in [2.05, 4.69) is 10.6 Å². The summed E-state index contributed by atoms with van der Waals surface area (Å²) < 4.78 is 26.3. The molecule has 0 bridgehead atoms. The molecular formula is C13H18F2N2O. The number of benzene rings is 1. The Morgan fingerprint density at radius 3 is 2.56 bits per heavy atom. The average molecular weight is 256 g/mol. The van der Waals surface area contributed by atoms with Crippen LogP contribution in [-0.2, 0) is 4.79 Å². The van der Waals surface area contributed by atoms with Crippen LogP contribution in [0.15, 0.2) is 18.2 Å². The molecule has 2 unspecified atom stereocenters. The van der Waals surface area contributed by atoms with Gasteiger partial charge >= 0.3 is 0 Å². The Bertz CT molecular complexity index is 423. The number of carbonyl (C=O) groups is 1. The van der Waals surface area contributed by atoms with Crippen LogP contribution in [0.5, 0.6) is 0 Å². The molecule has 0 aliphatic rings. The standard InChI is InChI=1S/C13H18F2N2O/c1-8(7-16-3)13(18)17-9(2)11-5-4-10(14)6-12(11)15/h4-6,8-9,16H,7H2,1-3H3,(H,17,18). The van der Waals surface area contributed by atoms with Gasteiger partial charge in [0.05, 0.1) is 6.04 Å². The van der Waals surface area contributed by atoms with Crippen LogP contribution in [0.25, 0.3) is 0 Å². The van der Waals surface area contributed by atoms with E-state index in [1.165, 1.54) is 12.1 Å². The Labute approximate surface area is 106 Å². The van der Waals surface area contributed by atoms with E-state index in [1.807, 2.05) is 0 Å². The van der Waals surface area contributed by atoms with E-state index in [0.29, 0.717) is 6.54 Å². The number of hydrogen-bond acceptors (Lipinski definition) is 2. The number of nitrogens with one attached hydrogen (secondary N) is 2. The van der Waals surface area contributed by atoms with E-state index >= 15 is 0 Å². The molecule has 0 aliphatic carbocycles. The quantitative estimate of drug-likeness (QED) is 0.846. The van der Waals surface area contributed by atoms with Gasteiger partial charge < -0.3 is 10.6 Å². The smallest absolute Gasteiger partial charge is 0.224 e. The molecule has 0 heterocycles. The molecule has 0 saturated carbocycles. The highest BCUT2D eigenvalue weighted by Gasteiger charge is 2.17. The van der Waals surface area contributed by atoms with E-state index in [-0.39, 0.29) is 17.4 Å². The van der Waals surface area contributed by atoms with Gasteiger partial charge in [-0.1, -0.05) is 13.0 Å². The zero-order chi connectivity index (χ0) is 13.7. The van der Waals surface area contributed by atoms with Crippen LogP contribution in [0.4, 0.5) is 8.78 Å². The van der Waals surface area contributed by atoms with E-state index in [1.54, 1.807) is 20.9 Å². The first-order valence-corrected chi connectivity index (χ1v) is 5.85. The number of halogens is 2. The van der Waals surface area contributed by atoms with Gasteiger partial charge in [-0.25, -0.2) is 8.78 Å². The summed E-state index contributed by atoms with van der Waals surface area (Å²) >= 11 is 0. The molecule has 2 atom stereocenters. The lowest BCUT2D eigenvalue weighted by atomic mass is 10.1. The maximum Gasteiger partial charge on any atom is 0.224 e. The third-order valence-electron chi connectivity index (χ3n) is 2.75. The fourth-order valence-electron chi connectivity index (χ4n) is 1.68. The van der Waals surface area contributed by atoms with Gasteiger partial charge in [0.1, 0.15) is 11.6 Å². The lowest BCUT2D eigenvalue weighted by Gasteiger charge is -2.18. The molecule has 100 valence electrons. The molecule has 1 aromatic carbocycles. The summed E-state index contributed by atoms with van der Waals surface area (Å²) in [6.07, 6.45) is 0. The molecule has 0 radical (unpaired) electrons. The number of rotatable bonds is 5. The van der Waals surface area contributed by atoms with Crippen molar-refractivity contribution in [2.75, 3.05) is 13.6 Å². The van der Waals surface area contributed by atoms with Crippen LogP contribution in [0, 0.1) is 17.6 Å². The fourth-order valence-corrected chi connectivity index (χ4v) is 1.68. The Morgan fingerprint density at radius 1 is 1.33 bits per heavy atom. The van der Waals surface area contributed by atoms with Crippen molar-refractivity contribution in [2.45, 2.75) is 19.9 Å². The van der Waals surface area contributed by atoms with Crippen molar-refractivity contribution in [1.82, 2.24) is 10.6 Å². The topological polar surface area (TPSA) is 41.1 Å². The van der Waals surface area contributed by atoms with E-state index in [0.717, 1.165) is 6.07 Å². The van der Waals surface area contributed by atoms with Crippen molar-refractivity contribution in [2.24, 2.45) is 5.92 Å². The van der Waals surface area contributed by atoms with Crippen LogP contribution in [0.3, 0.4) is 0 Å². The molecule has 2 N–H and O–H groups in total. The molecule has 3 nitrogen and oxygen atoms in total. The fraction of sp³-hybridized carbons (Fsp3) is 0.462. The first-order valence-electron chi connectivity index (χ1n) is 5.85. The molecule has 0 spiro atoms. The zero-order valence-electron chi connectivity index (χ0n) is 10.8. The van der Waals surface area contributed by atoms with Gasteiger partial charge in [-0.05, 0) is 20.0 Å². The number of carbonyl (C=O) groups excluding carboxylic acids is 1. The van der Waals surface area contributed by atoms with Crippen LogP contribution in [-0.4, -0.2) is 19.5 Å². The van der Waals surface area contributed by atoms with Crippen LogP contribution in [0.1, 0.15) is 25.5 Å². The second-order valence-corrected chi connectivity index (χ2v) is 4.35. The molecule has 0 aliphatic heterocycles. The Kier molecular flexibility index (Phi) is 5.22. The van der Waals surface area contributed by atoms with E-state index in [9.17, 15) is 13.6 Å². The summed E-state index contributed by atoms with van der Waals surface area (Å²) in [5, 5.41) is 5.60. The lowest BCUT2D eigenvalue weighted by Crippen LogP contribution is -2.36. The minimum absolute atomic E-state index is 0.166. The first kappa shape index (κ1) is 14.6. The van der Waals surface area contributed by atoms with Crippen molar-refractivity contribution >= 4 is 5.91 Å². The van der Waals surface area contributed by atoms with Crippen molar-refractivity contribution in [3.63, 3.8) is 0 Å². The van der Waals surface area contributed by atoms with Gasteiger partial charge in [0.2, 0.25) is 5.91 Å². The molecule has 1 aromatic rings. The van der Waals surface area contributed by atoms with Crippen molar-refractivity contribution in [1.29, 1.82) is 0 Å². The van der Waals surface area contributed by atoms with Crippen molar-refractivity contribution in [3.8, 4) is 0 Å². The highest BCUT2D eigenvalue weighted by molar-refractivity contribution is 5.78. The minimum atomic E-state index is -0.649. The second kappa shape index (κ2) is 6.44. The molecule has 5 heteroatoms. The van der Waals surface area contributed by atoms with Crippen LogP contribution >= 0.6 is 0 Å². The number of amides is 1. The molecule has 0 saturated heterocycles. The maximum absolute atomic E-state index is 13.5. The summed E-state index contributed by atoms with van der Waals surface area (Å²) in [7, 11) is 1.76. The highest BCUT2D eigenvalue weighted by Crippen LogP contribution is 2.18. The van der Waals surface area contributed by atoms with E-state index in [4.69, 9.17) is 0 Å². The summed E-state index contributed by atoms with van der Waals surface area (Å²) in [4.78, 5) is 11.7.